The summed E-state index contributed by atoms with van der Waals surface area (Å²) in [7, 11) is 0. The van der Waals surface area contributed by atoms with Gasteiger partial charge >= 0.3 is 0 Å². The lowest BCUT2D eigenvalue weighted by atomic mass is 10.0. The van der Waals surface area contributed by atoms with Crippen molar-refractivity contribution in [1.29, 1.82) is 0 Å². The lowest BCUT2D eigenvalue weighted by Gasteiger charge is -2.29. The molecule has 1 aromatic rings. The maximum atomic E-state index is 12.8. The highest BCUT2D eigenvalue weighted by Crippen LogP contribution is 2.25. The largest absolute Gasteiger partial charge is 0.337 e. The highest BCUT2D eigenvalue weighted by atomic mass is 16.2. The zero-order valence-corrected chi connectivity index (χ0v) is 14.1. The molecule has 3 rings (SSSR count). The van der Waals surface area contributed by atoms with Crippen LogP contribution in [-0.2, 0) is 19.5 Å². The number of carbonyl (C=O) groups is 1. The Morgan fingerprint density at radius 1 is 1.23 bits per heavy atom. The van der Waals surface area contributed by atoms with Crippen molar-refractivity contribution in [2.75, 3.05) is 26.2 Å². The van der Waals surface area contributed by atoms with Crippen molar-refractivity contribution >= 4 is 5.91 Å². The SMILES string of the molecule is CCn1nc(C(=O)N2CCCC2)c2c1CCN(CC(C)C)C2. The Hall–Kier alpha value is -1.36. The average Bonchev–Trinajstić information content (AvgIpc) is 3.13. The summed E-state index contributed by atoms with van der Waals surface area (Å²) in [4.78, 5) is 17.3. The molecule has 1 amide bonds. The Labute approximate surface area is 133 Å². The average molecular weight is 304 g/mol. The first-order chi connectivity index (χ1) is 10.6. The number of carbonyl (C=O) groups excluding carboxylic acids is 1. The molecule has 0 aliphatic carbocycles. The number of nitrogens with zero attached hydrogens (tertiary/aromatic N) is 4. The van der Waals surface area contributed by atoms with E-state index in [1.54, 1.807) is 0 Å². The van der Waals surface area contributed by atoms with Crippen molar-refractivity contribution in [3.8, 4) is 0 Å². The van der Waals surface area contributed by atoms with Gasteiger partial charge in [0.05, 0.1) is 0 Å². The number of hydrogen-bond acceptors (Lipinski definition) is 3. The summed E-state index contributed by atoms with van der Waals surface area (Å²) in [6.45, 7) is 12.3. The van der Waals surface area contributed by atoms with Gasteiger partial charge in [0.25, 0.3) is 5.91 Å². The molecule has 5 nitrogen and oxygen atoms in total. The molecule has 5 heteroatoms. The van der Waals surface area contributed by atoms with Crippen LogP contribution >= 0.6 is 0 Å². The number of rotatable bonds is 4. The molecule has 0 saturated carbocycles. The highest BCUT2D eigenvalue weighted by molar-refractivity contribution is 5.94. The van der Waals surface area contributed by atoms with E-state index in [0.717, 1.165) is 58.5 Å². The Kier molecular flexibility index (Phi) is 4.52. The first-order valence-corrected chi connectivity index (χ1v) is 8.70. The van der Waals surface area contributed by atoms with Gasteiger partial charge in [0.2, 0.25) is 0 Å². The highest BCUT2D eigenvalue weighted by Gasteiger charge is 2.30. The van der Waals surface area contributed by atoms with Gasteiger partial charge in [0.15, 0.2) is 5.69 Å². The molecule has 1 saturated heterocycles. The number of amides is 1. The molecule has 2 aliphatic heterocycles. The van der Waals surface area contributed by atoms with Gasteiger partial charge in [-0.25, -0.2) is 0 Å². The van der Waals surface area contributed by atoms with Crippen LogP contribution in [0, 0.1) is 5.92 Å². The van der Waals surface area contributed by atoms with Crippen LogP contribution in [0.3, 0.4) is 0 Å². The van der Waals surface area contributed by atoms with E-state index >= 15 is 0 Å². The van der Waals surface area contributed by atoms with Gasteiger partial charge in [0.1, 0.15) is 0 Å². The topological polar surface area (TPSA) is 41.4 Å². The predicted molar refractivity (Wildman–Crippen MR) is 86.9 cm³/mol. The number of fused-ring (bicyclic) bond motifs is 1. The van der Waals surface area contributed by atoms with Crippen molar-refractivity contribution in [2.45, 2.75) is 53.1 Å². The minimum Gasteiger partial charge on any atom is -0.337 e. The summed E-state index contributed by atoms with van der Waals surface area (Å²) in [6, 6.07) is 0. The van der Waals surface area contributed by atoms with Crippen LogP contribution in [0.1, 0.15) is 55.4 Å². The molecule has 122 valence electrons. The third-order valence-electron chi connectivity index (χ3n) is 4.73. The third kappa shape index (κ3) is 2.91. The van der Waals surface area contributed by atoms with E-state index in [9.17, 15) is 4.79 Å². The molecule has 0 unspecified atom stereocenters. The smallest absolute Gasteiger partial charge is 0.274 e. The Morgan fingerprint density at radius 2 is 1.95 bits per heavy atom. The van der Waals surface area contributed by atoms with Crippen LogP contribution in [0.2, 0.25) is 0 Å². The quantitative estimate of drug-likeness (QED) is 0.856. The van der Waals surface area contributed by atoms with Crippen LogP contribution in [0.25, 0.3) is 0 Å². The minimum atomic E-state index is 0.146. The molecular formula is C17H28N4O. The molecule has 22 heavy (non-hydrogen) atoms. The maximum absolute atomic E-state index is 12.8. The number of hydrogen-bond donors (Lipinski definition) is 0. The molecule has 0 bridgehead atoms. The van der Waals surface area contributed by atoms with E-state index in [2.05, 4.69) is 30.8 Å². The van der Waals surface area contributed by atoms with Crippen LogP contribution < -0.4 is 0 Å². The predicted octanol–water partition coefficient (Wildman–Crippen LogP) is 2.15. The summed E-state index contributed by atoms with van der Waals surface area (Å²) < 4.78 is 2.05. The van der Waals surface area contributed by atoms with Crippen LogP contribution in [-0.4, -0.2) is 51.7 Å². The zero-order chi connectivity index (χ0) is 15.7. The number of likely N-dealkylation sites (tertiary alicyclic amines) is 1. The molecule has 0 aromatic carbocycles. The molecule has 3 heterocycles. The van der Waals surface area contributed by atoms with Gasteiger partial charge in [-0.05, 0) is 25.7 Å². The normalized spacial score (nSPS) is 19.0. The van der Waals surface area contributed by atoms with E-state index in [1.165, 1.54) is 11.3 Å². The Balaban J connectivity index is 1.87. The molecule has 1 fully saturated rings. The lowest BCUT2D eigenvalue weighted by Crippen LogP contribution is -2.35. The first-order valence-electron chi connectivity index (χ1n) is 8.70. The summed E-state index contributed by atoms with van der Waals surface area (Å²) in [5.41, 5.74) is 3.18. The fraction of sp³-hybridized carbons (Fsp3) is 0.765. The van der Waals surface area contributed by atoms with Crippen molar-refractivity contribution in [3.63, 3.8) is 0 Å². The summed E-state index contributed by atoms with van der Waals surface area (Å²) in [6.07, 6.45) is 3.26. The van der Waals surface area contributed by atoms with E-state index in [0.29, 0.717) is 11.6 Å². The van der Waals surface area contributed by atoms with Gasteiger partial charge in [0, 0.05) is 56.9 Å². The fourth-order valence-corrected chi connectivity index (χ4v) is 3.72. The molecular weight excluding hydrogens is 276 g/mol. The summed E-state index contributed by atoms with van der Waals surface area (Å²) >= 11 is 0. The van der Waals surface area contributed by atoms with Crippen LogP contribution in [0.5, 0.6) is 0 Å². The van der Waals surface area contributed by atoms with Gasteiger partial charge in [-0.15, -0.1) is 0 Å². The second kappa shape index (κ2) is 6.41. The van der Waals surface area contributed by atoms with E-state index < -0.39 is 0 Å². The summed E-state index contributed by atoms with van der Waals surface area (Å²) in [5.74, 6) is 0.799. The molecule has 0 atom stereocenters. The third-order valence-corrected chi connectivity index (χ3v) is 4.73. The van der Waals surface area contributed by atoms with E-state index in [1.807, 2.05) is 9.58 Å². The molecule has 0 spiro atoms. The van der Waals surface area contributed by atoms with Crippen LogP contribution in [0.4, 0.5) is 0 Å². The van der Waals surface area contributed by atoms with Crippen molar-refractivity contribution in [2.24, 2.45) is 5.92 Å². The van der Waals surface area contributed by atoms with Gasteiger partial charge in [-0.1, -0.05) is 13.8 Å². The van der Waals surface area contributed by atoms with E-state index in [-0.39, 0.29) is 5.91 Å². The Bertz CT molecular complexity index is 543. The number of aromatic nitrogens is 2. The molecule has 0 N–H and O–H groups in total. The molecule has 0 radical (unpaired) electrons. The Morgan fingerprint density at radius 3 is 2.59 bits per heavy atom. The molecule has 1 aromatic heterocycles. The van der Waals surface area contributed by atoms with Gasteiger partial charge in [-0.2, -0.15) is 5.10 Å². The van der Waals surface area contributed by atoms with E-state index in [4.69, 9.17) is 0 Å². The maximum Gasteiger partial charge on any atom is 0.274 e. The van der Waals surface area contributed by atoms with Crippen molar-refractivity contribution in [3.05, 3.63) is 17.0 Å². The summed E-state index contributed by atoms with van der Waals surface area (Å²) in [5, 5.41) is 4.67. The first kappa shape index (κ1) is 15.5. The van der Waals surface area contributed by atoms with Crippen LogP contribution in [0.15, 0.2) is 0 Å². The lowest BCUT2D eigenvalue weighted by molar-refractivity contribution is 0.0783. The van der Waals surface area contributed by atoms with Gasteiger partial charge < -0.3 is 4.90 Å². The second-order valence-electron chi connectivity index (χ2n) is 6.97. The number of aryl methyl sites for hydroxylation is 1. The van der Waals surface area contributed by atoms with Crippen molar-refractivity contribution in [1.82, 2.24) is 19.6 Å². The zero-order valence-electron chi connectivity index (χ0n) is 14.1. The fourth-order valence-electron chi connectivity index (χ4n) is 3.72. The monoisotopic (exact) mass is 304 g/mol. The van der Waals surface area contributed by atoms with Crippen molar-refractivity contribution < 1.29 is 4.79 Å². The second-order valence-corrected chi connectivity index (χ2v) is 6.97. The minimum absolute atomic E-state index is 0.146. The standard InChI is InChI=1S/C17H28N4O/c1-4-21-15-7-10-19(11-13(2)3)12-14(15)16(18-21)17(22)20-8-5-6-9-20/h13H,4-12H2,1-3H3. The molecule has 2 aliphatic rings. The van der Waals surface area contributed by atoms with Gasteiger partial charge in [-0.3, -0.25) is 14.4 Å².